The number of rotatable bonds is 7. The van der Waals surface area contributed by atoms with E-state index in [0.717, 1.165) is 25.3 Å². The Balaban J connectivity index is 0.000000273. The van der Waals surface area contributed by atoms with Crippen LogP contribution in [0.3, 0.4) is 0 Å². The van der Waals surface area contributed by atoms with Crippen molar-refractivity contribution in [2.75, 3.05) is 6.73 Å². The molecular formula is C25H37NO. The zero-order chi connectivity index (χ0) is 19.3. The Hall–Kier alpha value is -1.64. The highest BCUT2D eigenvalue weighted by Crippen LogP contribution is 2.25. The highest BCUT2D eigenvalue weighted by molar-refractivity contribution is 5.22. The van der Waals surface area contributed by atoms with Gasteiger partial charge in [0.15, 0.2) is 0 Å². The zero-order valence-electron chi connectivity index (χ0n) is 17.4. The molecule has 0 aromatic heterocycles. The van der Waals surface area contributed by atoms with Gasteiger partial charge >= 0.3 is 0 Å². The average Bonchev–Trinajstić information content (AvgIpc) is 2.74. The van der Waals surface area contributed by atoms with Crippen molar-refractivity contribution in [3.05, 3.63) is 71.3 Å². The SMILES string of the molecule is CCc1ccc(CNCOC2CCC(C)CC2)cc1.CCc1ccccc1. The molecule has 3 rings (SSSR count). The van der Waals surface area contributed by atoms with Crippen LogP contribution >= 0.6 is 0 Å². The lowest BCUT2D eigenvalue weighted by Crippen LogP contribution is -2.26. The van der Waals surface area contributed by atoms with E-state index in [1.807, 2.05) is 6.07 Å². The van der Waals surface area contributed by atoms with E-state index in [4.69, 9.17) is 4.74 Å². The van der Waals surface area contributed by atoms with E-state index in [9.17, 15) is 0 Å². The van der Waals surface area contributed by atoms with Gasteiger partial charge in [-0.3, -0.25) is 5.32 Å². The Labute approximate surface area is 166 Å². The lowest BCUT2D eigenvalue weighted by molar-refractivity contribution is 0.00909. The monoisotopic (exact) mass is 367 g/mol. The minimum atomic E-state index is 0.478. The van der Waals surface area contributed by atoms with Crippen molar-refractivity contribution < 1.29 is 4.74 Å². The van der Waals surface area contributed by atoms with Gasteiger partial charge in [0.2, 0.25) is 0 Å². The summed E-state index contributed by atoms with van der Waals surface area (Å²) < 4.78 is 5.89. The van der Waals surface area contributed by atoms with Crippen LogP contribution in [0.15, 0.2) is 54.6 Å². The molecule has 1 fully saturated rings. The normalized spacial score (nSPS) is 19.2. The summed E-state index contributed by atoms with van der Waals surface area (Å²) in [6.45, 7) is 8.26. The molecule has 1 saturated carbocycles. The molecule has 0 bridgehead atoms. The molecule has 2 nitrogen and oxygen atoms in total. The van der Waals surface area contributed by atoms with Gasteiger partial charge in [-0.25, -0.2) is 0 Å². The third-order valence-electron chi connectivity index (χ3n) is 5.40. The molecule has 0 spiro atoms. The quantitative estimate of drug-likeness (QED) is 0.469. The predicted molar refractivity (Wildman–Crippen MR) is 116 cm³/mol. The van der Waals surface area contributed by atoms with Gasteiger partial charge in [-0.2, -0.15) is 0 Å². The molecular weight excluding hydrogens is 330 g/mol. The fraction of sp³-hybridized carbons (Fsp3) is 0.520. The van der Waals surface area contributed by atoms with E-state index < -0.39 is 0 Å². The molecule has 0 atom stereocenters. The Bertz CT molecular complexity index is 600. The molecule has 1 N–H and O–H groups in total. The Morgan fingerprint density at radius 2 is 1.33 bits per heavy atom. The third-order valence-corrected chi connectivity index (χ3v) is 5.40. The molecule has 0 unspecified atom stereocenters. The average molecular weight is 368 g/mol. The van der Waals surface area contributed by atoms with Crippen LogP contribution in [0.5, 0.6) is 0 Å². The van der Waals surface area contributed by atoms with Gasteiger partial charge < -0.3 is 4.74 Å². The summed E-state index contributed by atoms with van der Waals surface area (Å²) in [5.74, 6) is 0.893. The first kappa shape index (κ1) is 21.7. The number of ether oxygens (including phenoxy) is 1. The molecule has 1 aliphatic rings. The van der Waals surface area contributed by atoms with Gasteiger partial charge in [0, 0.05) is 6.54 Å². The Morgan fingerprint density at radius 3 is 1.89 bits per heavy atom. The molecule has 27 heavy (non-hydrogen) atoms. The number of hydrogen-bond acceptors (Lipinski definition) is 2. The lowest BCUT2D eigenvalue weighted by Gasteiger charge is -2.26. The minimum absolute atomic E-state index is 0.478. The summed E-state index contributed by atoms with van der Waals surface area (Å²) >= 11 is 0. The number of aryl methyl sites for hydroxylation is 2. The van der Waals surface area contributed by atoms with Crippen molar-refractivity contribution in [2.45, 2.75) is 71.9 Å². The maximum absolute atomic E-state index is 5.89. The second-order valence-corrected chi connectivity index (χ2v) is 7.63. The van der Waals surface area contributed by atoms with Crippen molar-refractivity contribution in [3.8, 4) is 0 Å². The summed E-state index contributed by atoms with van der Waals surface area (Å²) in [6, 6.07) is 19.3. The summed E-state index contributed by atoms with van der Waals surface area (Å²) in [7, 11) is 0. The van der Waals surface area contributed by atoms with Crippen LogP contribution in [0.2, 0.25) is 0 Å². The highest BCUT2D eigenvalue weighted by atomic mass is 16.5. The van der Waals surface area contributed by atoms with E-state index >= 15 is 0 Å². The van der Waals surface area contributed by atoms with Gasteiger partial charge in [-0.05, 0) is 61.1 Å². The minimum Gasteiger partial charge on any atom is -0.363 e. The van der Waals surface area contributed by atoms with Gasteiger partial charge in [0.05, 0.1) is 12.8 Å². The highest BCUT2D eigenvalue weighted by Gasteiger charge is 2.18. The van der Waals surface area contributed by atoms with Gasteiger partial charge in [-0.15, -0.1) is 0 Å². The van der Waals surface area contributed by atoms with Crippen molar-refractivity contribution in [1.82, 2.24) is 5.32 Å². The van der Waals surface area contributed by atoms with Crippen molar-refractivity contribution in [1.29, 1.82) is 0 Å². The Morgan fingerprint density at radius 1 is 0.778 bits per heavy atom. The van der Waals surface area contributed by atoms with Crippen molar-refractivity contribution >= 4 is 0 Å². The molecule has 1 aliphatic carbocycles. The molecule has 0 radical (unpaired) electrons. The van der Waals surface area contributed by atoms with Crippen LogP contribution in [-0.4, -0.2) is 12.8 Å². The second-order valence-electron chi connectivity index (χ2n) is 7.63. The maximum atomic E-state index is 5.89. The van der Waals surface area contributed by atoms with Crippen LogP contribution in [0.25, 0.3) is 0 Å². The topological polar surface area (TPSA) is 21.3 Å². The summed E-state index contributed by atoms with van der Waals surface area (Å²) in [5.41, 5.74) is 4.14. The van der Waals surface area contributed by atoms with E-state index in [1.54, 1.807) is 0 Å². The predicted octanol–water partition coefficient (Wildman–Crippen LogP) is 6.14. The molecule has 0 heterocycles. The number of hydrogen-bond donors (Lipinski definition) is 1. The van der Waals surface area contributed by atoms with Gasteiger partial charge in [0.25, 0.3) is 0 Å². The van der Waals surface area contributed by atoms with Gasteiger partial charge in [0.1, 0.15) is 0 Å². The first-order valence-electron chi connectivity index (χ1n) is 10.6. The van der Waals surface area contributed by atoms with Crippen LogP contribution < -0.4 is 5.32 Å². The molecule has 0 saturated heterocycles. The van der Waals surface area contributed by atoms with E-state index in [1.165, 1.54) is 42.4 Å². The van der Waals surface area contributed by atoms with Gasteiger partial charge in [-0.1, -0.05) is 75.4 Å². The molecule has 2 heteroatoms. The summed E-state index contributed by atoms with van der Waals surface area (Å²) in [4.78, 5) is 0. The van der Waals surface area contributed by atoms with Crippen LogP contribution in [-0.2, 0) is 24.1 Å². The van der Waals surface area contributed by atoms with Crippen LogP contribution in [0.4, 0.5) is 0 Å². The first-order chi connectivity index (χ1) is 13.2. The molecule has 2 aromatic rings. The fourth-order valence-electron chi connectivity index (χ4n) is 3.37. The molecule has 2 aromatic carbocycles. The first-order valence-corrected chi connectivity index (χ1v) is 10.6. The second kappa shape index (κ2) is 12.7. The molecule has 0 aliphatic heterocycles. The summed E-state index contributed by atoms with van der Waals surface area (Å²) in [5, 5.41) is 3.38. The summed E-state index contributed by atoms with van der Waals surface area (Å²) in [6.07, 6.45) is 7.83. The Kier molecular flexibility index (Phi) is 10.2. The maximum Gasteiger partial charge on any atom is 0.0971 e. The molecule has 148 valence electrons. The third kappa shape index (κ3) is 8.73. The lowest BCUT2D eigenvalue weighted by atomic mass is 9.89. The largest absolute Gasteiger partial charge is 0.363 e. The standard InChI is InChI=1S/C17H27NO.C8H10/c1-3-15-6-8-16(9-7-15)12-18-13-19-17-10-4-14(2)5-11-17;1-2-8-6-4-3-5-7-8/h6-9,14,17-18H,3-5,10-13H2,1-2H3;3-7H,2H2,1H3. The van der Waals surface area contributed by atoms with Crippen LogP contribution in [0, 0.1) is 5.92 Å². The van der Waals surface area contributed by atoms with E-state index in [-0.39, 0.29) is 0 Å². The fourth-order valence-corrected chi connectivity index (χ4v) is 3.37. The van der Waals surface area contributed by atoms with E-state index in [0.29, 0.717) is 12.8 Å². The number of benzene rings is 2. The number of nitrogens with one attached hydrogen (secondary N) is 1. The van der Waals surface area contributed by atoms with E-state index in [2.05, 4.69) is 74.6 Å². The van der Waals surface area contributed by atoms with Crippen molar-refractivity contribution in [2.24, 2.45) is 5.92 Å². The van der Waals surface area contributed by atoms with Crippen LogP contribution in [0.1, 0.15) is 63.1 Å². The molecule has 0 amide bonds. The zero-order valence-corrected chi connectivity index (χ0v) is 17.4. The smallest absolute Gasteiger partial charge is 0.0971 e. The van der Waals surface area contributed by atoms with Crippen molar-refractivity contribution in [3.63, 3.8) is 0 Å².